The average Bonchev–Trinajstić information content (AvgIpc) is 2.62. The van der Waals surface area contributed by atoms with E-state index in [1.165, 1.54) is 0 Å². The predicted octanol–water partition coefficient (Wildman–Crippen LogP) is 1.79. The maximum absolute atomic E-state index is 11.6. The van der Waals surface area contributed by atoms with Crippen molar-refractivity contribution in [3.63, 3.8) is 0 Å². The SMILES string of the molecule is CC(C)CCC(=O)N[C@@H]1CCC[C@@H]1C(=O)O. The van der Waals surface area contributed by atoms with Gasteiger partial charge in [-0.25, -0.2) is 0 Å². The highest BCUT2D eigenvalue weighted by Crippen LogP contribution is 2.25. The molecule has 0 aromatic carbocycles. The fraction of sp³-hybridized carbons (Fsp3) is 0.833. The van der Waals surface area contributed by atoms with Gasteiger partial charge in [-0.1, -0.05) is 20.3 Å². The lowest BCUT2D eigenvalue weighted by molar-refractivity contribution is -0.142. The number of rotatable bonds is 5. The molecule has 0 spiro atoms. The summed E-state index contributed by atoms with van der Waals surface area (Å²) >= 11 is 0. The largest absolute Gasteiger partial charge is 0.481 e. The summed E-state index contributed by atoms with van der Waals surface area (Å²) < 4.78 is 0. The molecule has 4 heteroatoms. The van der Waals surface area contributed by atoms with Crippen LogP contribution in [0.15, 0.2) is 0 Å². The number of hydrogen-bond donors (Lipinski definition) is 2. The quantitative estimate of drug-likeness (QED) is 0.752. The molecule has 2 N–H and O–H groups in total. The number of carbonyl (C=O) groups excluding carboxylic acids is 1. The number of amides is 1. The number of hydrogen-bond acceptors (Lipinski definition) is 2. The Labute approximate surface area is 96.4 Å². The van der Waals surface area contributed by atoms with Gasteiger partial charge in [0.05, 0.1) is 5.92 Å². The second-order valence-electron chi connectivity index (χ2n) is 4.98. The van der Waals surface area contributed by atoms with E-state index in [1.54, 1.807) is 0 Å². The summed E-state index contributed by atoms with van der Waals surface area (Å²) in [6.07, 6.45) is 3.73. The van der Waals surface area contributed by atoms with Crippen LogP contribution in [0, 0.1) is 11.8 Å². The molecule has 0 unspecified atom stereocenters. The van der Waals surface area contributed by atoms with E-state index >= 15 is 0 Å². The predicted molar refractivity (Wildman–Crippen MR) is 61.0 cm³/mol. The second-order valence-corrected chi connectivity index (χ2v) is 4.98. The van der Waals surface area contributed by atoms with Gasteiger partial charge in [0, 0.05) is 12.5 Å². The van der Waals surface area contributed by atoms with Crippen molar-refractivity contribution in [3.05, 3.63) is 0 Å². The topological polar surface area (TPSA) is 66.4 Å². The highest BCUT2D eigenvalue weighted by atomic mass is 16.4. The molecule has 0 aromatic heterocycles. The molecular formula is C12H21NO3. The third-order valence-electron chi connectivity index (χ3n) is 3.13. The first-order valence-electron chi connectivity index (χ1n) is 6.03. The average molecular weight is 227 g/mol. The Hall–Kier alpha value is -1.06. The van der Waals surface area contributed by atoms with Gasteiger partial charge in [-0.3, -0.25) is 9.59 Å². The van der Waals surface area contributed by atoms with Gasteiger partial charge in [-0.15, -0.1) is 0 Å². The summed E-state index contributed by atoms with van der Waals surface area (Å²) in [6.45, 7) is 4.14. The Morgan fingerprint density at radius 1 is 1.38 bits per heavy atom. The molecule has 4 nitrogen and oxygen atoms in total. The molecule has 92 valence electrons. The fourth-order valence-corrected chi connectivity index (χ4v) is 2.13. The first-order valence-corrected chi connectivity index (χ1v) is 6.03. The van der Waals surface area contributed by atoms with E-state index in [0.29, 0.717) is 18.8 Å². The van der Waals surface area contributed by atoms with Crippen molar-refractivity contribution in [2.45, 2.75) is 52.0 Å². The van der Waals surface area contributed by atoms with Crippen molar-refractivity contribution in [3.8, 4) is 0 Å². The lowest BCUT2D eigenvalue weighted by atomic mass is 10.0. The van der Waals surface area contributed by atoms with Crippen LogP contribution in [-0.4, -0.2) is 23.0 Å². The van der Waals surface area contributed by atoms with Gasteiger partial charge in [-0.05, 0) is 25.2 Å². The molecule has 1 saturated carbocycles. The Bertz CT molecular complexity index is 263. The van der Waals surface area contributed by atoms with Crippen molar-refractivity contribution in [2.24, 2.45) is 11.8 Å². The molecule has 1 fully saturated rings. The first-order chi connectivity index (χ1) is 7.50. The van der Waals surface area contributed by atoms with Crippen LogP contribution < -0.4 is 5.32 Å². The third-order valence-corrected chi connectivity index (χ3v) is 3.13. The zero-order chi connectivity index (χ0) is 12.1. The standard InChI is InChI=1S/C12H21NO3/c1-8(2)6-7-11(14)13-10-5-3-4-9(10)12(15)16/h8-10H,3-7H2,1-2H3,(H,13,14)(H,15,16)/t9-,10+/m0/s1. The van der Waals surface area contributed by atoms with Gasteiger partial charge in [0.2, 0.25) is 5.91 Å². The van der Waals surface area contributed by atoms with Gasteiger partial charge in [0.1, 0.15) is 0 Å². The minimum absolute atomic E-state index is 0.00755. The minimum atomic E-state index is -0.786. The molecule has 0 radical (unpaired) electrons. The van der Waals surface area contributed by atoms with Gasteiger partial charge in [-0.2, -0.15) is 0 Å². The Morgan fingerprint density at radius 3 is 2.62 bits per heavy atom. The summed E-state index contributed by atoms with van der Waals surface area (Å²) in [5.41, 5.74) is 0. The molecule has 0 heterocycles. The minimum Gasteiger partial charge on any atom is -0.481 e. The molecule has 1 amide bonds. The van der Waals surface area contributed by atoms with Crippen LogP contribution in [0.5, 0.6) is 0 Å². The number of carbonyl (C=O) groups is 2. The van der Waals surface area contributed by atoms with E-state index in [4.69, 9.17) is 5.11 Å². The number of carboxylic acids is 1. The van der Waals surface area contributed by atoms with Crippen molar-refractivity contribution >= 4 is 11.9 Å². The summed E-state index contributed by atoms with van der Waals surface area (Å²) in [5.74, 6) is -0.675. The van der Waals surface area contributed by atoms with Crippen LogP contribution in [-0.2, 0) is 9.59 Å². The van der Waals surface area contributed by atoms with E-state index in [2.05, 4.69) is 19.2 Å². The highest BCUT2D eigenvalue weighted by molar-refractivity contribution is 5.78. The smallest absolute Gasteiger partial charge is 0.308 e. The molecule has 16 heavy (non-hydrogen) atoms. The van der Waals surface area contributed by atoms with Crippen molar-refractivity contribution in [1.29, 1.82) is 0 Å². The lowest BCUT2D eigenvalue weighted by Gasteiger charge is -2.17. The van der Waals surface area contributed by atoms with Crippen molar-refractivity contribution in [1.82, 2.24) is 5.32 Å². The molecule has 0 saturated heterocycles. The van der Waals surface area contributed by atoms with Gasteiger partial charge in [0.15, 0.2) is 0 Å². The van der Waals surface area contributed by atoms with E-state index in [9.17, 15) is 9.59 Å². The van der Waals surface area contributed by atoms with Crippen LogP contribution in [0.4, 0.5) is 0 Å². The molecular weight excluding hydrogens is 206 g/mol. The van der Waals surface area contributed by atoms with Crippen molar-refractivity contribution in [2.75, 3.05) is 0 Å². The van der Waals surface area contributed by atoms with Crippen LogP contribution in [0.2, 0.25) is 0 Å². The number of carboxylic acid groups (broad SMARTS) is 1. The molecule has 0 aliphatic heterocycles. The Kier molecular flexibility index (Phi) is 4.77. The Balaban J connectivity index is 2.35. The Morgan fingerprint density at radius 2 is 2.06 bits per heavy atom. The van der Waals surface area contributed by atoms with Crippen molar-refractivity contribution < 1.29 is 14.7 Å². The van der Waals surface area contributed by atoms with E-state index in [1.807, 2.05) is 0 Å². The number of aliphatic carboxylic acids is 1. The summed E-state index contributed by atoms with van der Waals surface area (Å²) in [4.78, 5) is 22.5. The zero-order valence-electron chi connectivity index (χ0n) is 10.0. The monoisotopic (exact) mass is 227 g/mol. The molecule has 1 rings (SSSR count). The van der Waals surface area contributed by atoms with Gasteiger partial charge in [0.25, 0.3) is 0 Å². The molecule has 1 aliphatic rings. The van der Waals surface area contributed by atoms with Crippen LogP contribution in [0.25, 0.3) is 0 Å². The maximum atomic E-state index is 11.6. The third kappa shape index (κ3) is 3.83. The molecule has 0 aromatic rings. The van der Waals surface area contributed by atoms with E-state index < -0.39 is 5.97 Å². The van der Waals surface area contributed by atoms with Crippen LogP contribution >= 0.6 is 0 Å². The molecule has 2 atom stereocenters. The lowest BCUT2D eigenvalue weighted by Crippen LogP contribution is -2.40. The molecule has 0 bridgehead atoms. The van der Waals surface area contributed by atoms with Gasteiger partial charge < -0.3 is 10.4 Å². The fourth-order valence-electron chi connectivity index (χ4n) is 2.13. The normalized spacial score (nSPS) is 24.7. The number of nitrogens with one attached hydrogen (secondary N) is 1. The second kappa shape index (κ2) is 5.87. The maximum Gasteiger partial charge on any atom is 0.308 e. The first kappa shape index (κ1) is 13.0. The molecule has 1 aliphatic carbocycles. The highest BCUT2D eigenvalue weighted by Gasteiger charge is 2.33. The summed E-state index contributed by atoms with van der Waals surface area (Å²) in [6, 6.07) is -0.155. The summed E-state index contributed by atoms with van der Waals surface area (Å²) in [7, 11) is 0. The van der Waals surface area contributed by atoms with Gasteiger partial charge >= 0.3 is 5.97 Å². The van der Waals surface area contributed by atoms with E-state index in [0.717, 1.165) is 19.3 Å². The van der Waals surface area contributed by atoms with Crippen LogP contribution in [0.1, 0.15) is 46.0 Å². The van der Waals surface area contributed by atoms with E-state index in [-0.39, 0.29) is 17.9 Å². The van der Waals surface area contributed by atoms with Crippen LogP contribution in [0.3, 0.4) is 0 Å². The summed E-state index contributed by atoms with van der Waals surface area (Å²) in [5, 5.41) is 11.8. The zero-order valence-corrected chi connectivity index (χ0v) is 10.0.